The van der Waals surface area contributed by atoms with E-state index in [1.807, 2.05) is 66.7 Å². The van der Waals surface area contributed by atoms with Gasteiger partial charge in [0.15, 0.2) is 0 Å². The lowest BCUT2D eigenvalue weighted by atomic mass is 10.0. The molecule has 0 unspecified atom stereocenters. The number of nitrogens with one attached hydrogen (secondary N) is 5. The largest absolute Gasteiger partial charge is 0.496 e. The number of benzene rings is 4. The van der Waals surface area contributed by atoms with Gasteiger partial charge in [-0.3, -0.25) is 28.8 Å². The zero-order valence-electron chi connectivity index (χ0n) is 29.9. The van der Waals surface area contributed by atoms with E-state index in [2.05, 4.69) is 26.6 Å². The van der Waals surface area contributed by atoms with Crippen molar-refractivity contribution in [3.05, 3.63) is 108 Å². The van der Waals surface area contributed by atoms with E-state index in [9.17, 15) is 28.8 Å². The van der Waals surface area contributed by atoms with Gasteiger partial charge in [-0.05, 0) is 42.8 Å². The lowest BCUT2D eigenvalue weighted by Crippen LogP contribution is -2.57. The van der Waals surface area contributed by atoms with E-state index in [4.69, 9.17) is 9.84 Å². The van der Waals surface area contributed by atoms with Crippen LogP contribution in [0.1, 0.15) is 44.2 Å². The normalized spacial score (nSPS) is 13.0. The maximum Gasteiger partial charge on any atom is 0.303 e. The summed E-state index contributed by atoms with van der Waals surface area (Å²) in [6.07, 6.45) is 0.116. The first-order valence-corrected chi connectivity index (χ1v) is 17.3. The number of amides is 5. The van der Waals surface area contributed by atoms with Crippen LogP contribution in [0.25, 0.3) is 10.8 Å². The number of hydrogen-bond donors (Lipinski definition) is 6. The standard InChI is InChI=1S/C40H45N5O8/c1-25(42-39(51)32(21-27-13-6-4-7-14-27)44-35(46)19-12-20-36(47)48)37(49)41-26(2)38(50)45-33(22-28-15-8-5-9-16-28)40(52)43-30-23-29-17-10-11-18-31(29)34(24-30)53-3/h4-11,13-18,23-26,32-33H,12,19-22H2,1-3H3,(H,41,49)(H,42,51)(H,43,52)(H,44,46)(H,45,50)(H,47,48)/t25-,26-,32-,33-/m0/s1. The Balaban J connectivity index is 1.40. The van der Waals surface area contributed by atoms with Crippen molar-refractivity contribution in [2.75, 3.05) is 12.4 Å². The van der Waals surface area contributed by atoms with Crippen LogP contribution < -0.4 is 31.3 Å². The molecule has 4 aromatic rings. The molecule has 0 aliphatic rings. The molecule has 4 aromatic carbocycles. The minimum Gasteiger partial charge on any atom is -0.496 e. The molecule has 5 amide bonds. The fourth-order valence-electron chi connectivity index (χ4n) is 5.61. The van der Waals surface area contributed by atoms with Gasteiger partial charge >= 0.3 is 5.97 Å². The molecule has 0 heterocycles. The van der Waals surface area contributed by atoms with Crippen LogP contribution in [0, 0.1) is 0 Å². The monoisotopic (exact) mass is 723 g/mol. The minimum atomic E-state index is -1.11. The van der Waals surface area contributed by atoms with E-state index in [0.717, 1.165) is 21.9 Å². The average molecular weight is 724 g/mol. The second-order valence-corrected chi connectivity index (χ2v) is 12.7. The third-order valence-corrected chi connectivity index (χ3v) is 8.46. The van der Waals surface area contributed by atoms with Crippen molar-refractivity contribution >= 4 is 52.0 Å². The Bertz CT molecular complexity index is 1900. The molecule has 0 spiro atoms. The van der Waals surface area contributed by atoms with Crippen molar-refractivity contribution < 1.29 is 38.6 Å². The van der Waals surface area contributed by atoms with E-state index in [-0.39, 0.29) is 32.1 Å². The summed E-state index contributed by atoms with van der Waals surface area (Å²) in [7, 11) is 1.54. The van der Waals surface area contributed by atoms with Crippen LogP contribution in [0.2, 0.25) is 0 Å². The Hall–Kier alpha value is -6.24. The van der Waals surface area contributed by atoms with E-state index in [1.165, 1.54) is 13.8 Å². The summed E-state index contributed by atoms with van der Waals surface area (Å²) in [5.74, 6) is -3.36. The summed E-state index contributed by atoms with van der Waals surface area (Å²) in [5.41, 5.74) is 2.04. The Morgan fingerprint density at radius 2 is 1.15 bits per heavy atom. The van der Waals surface area contributed by atoms with Gasteiger partial charge in [0.05, 0.1) is 7.11 Å². The number of methoxy groups -OCH3 is 1. The van der Waals surface area contributed by atoms with Gasteiger partial charge < -0.3 is 36.4 Å². The molecule has 13 heteroatoms. The second kappa shape index (κ2) is 19.4. The van der Waals surface area contributed by atoms with Crippen LogP contribution in [0.15, 0.2) is 97.1 Å². The Labute approximate surface area is 307 Å². The van der Waals surface area contributed by atoms with Gasteiger partial charge in [-0.25, -0.2) is 0 Å². The molecule has 0 bridgehead atoms. The second-order valence-electron chi connectivity index (χ2n) is 12.7. The number of fused-ring (bicyclic) bond motifs is 1. The van der Waals surface area contributed by atoms with Gasteiger partial charge in [0.25, 0.3) is 0 Å². The zero-order valence-corrected chi connectivity index (χ0v) is 29.9. The van der Waals surface area contributed by atoms with Crippen LogP contribution in [-0.4, -0.2) is 71.9 Å². The molecule has 53 heavy (non-hydrogen) atoms. The molecule has 4 atom stereocenters. The van der Waals surface area contributed by atoms with E-state index in [1.54, 1.807) is 37.4 Å². The molecular weight excluding hydrogens is 678 g/mol. The number of hydrogen-bond acceptors (Lipinski definition) is 7. The van der Waals surface area contributed by atoms with Crippen molar-refractivity contribution in [3.63, 3.8) is 0 Å². The predicted molar refractivity (Wildman–Crippen MR) is 200 cm³/mol. The quantitative estimate of drug-likeness (QED) is 0.0899. The average Bonchev–Trinajstić information content (AvgIpc) is 3.14. The first-order valence-electron chi connectivity index (χ1n) is 17.3. The van der Waals surface area contributed by atoms with Crippen LogP contribution >= 0.6 is 0 Å². The lowest BCUT2D eigenvalue weighted by molar-refractivity contribution is -0.137. The summed E-state index contributed by atoms with van der Waals surface area (Å²) >= 11 is 0. The van der Waals surface area contributed by atoms with Crippen molar-refractivity contribution in [3.8, 4) is 5.75 Å². The Morgan fingerprint density at radius 1 is 0.623 bits per heavy atom. The minimum absolute atomic E-state index is 0.0900. The van der Waals surface area contributed by atoms with Crippen LogP contribution in [-0.2, 0) is 41.6 Å². The number of rotatable bonds is 18. The molecule has 278 valence electrons. The van der Waals surface area contributed by atoms with Gasteiger partial charge in [-0.2, -0.15) is 0 Å². The maximum atomic E-state index is 13.7. The number of ether oxygens (including phenoxy) is 1. The van der Waals surface area contributed by atoms with Gasteiger partial charge in [0.1, 0.15) is 29.9 Å². The van der Waals surface area contributed by atoms with Gasteiger partial charge in [0.2, 0.25) is 29.5 Å². The first-order chi connectivity index (χ1) is 25.4. The summed E-state index contributed by atoms with van der Waals surface area (Å²) < 4.78 is 5.54. The zero-order chi connectivity index (χ0) is 38.3. The molecule has 4 rings (SSSR count). The lowest BCUT2D eigenvalue weighted by Gasteiger charge is -2.24. The smallest absolute Gasteiger partial charge is 0.303 e. The van der Waals surface area contributed by atoms with E-state index in [0.29, 0.717) is 11.4 Å². The molecule has 0 aromatic heterocycles. The summed E-state index contributed by atoms with van der Waals surface area (Å²) in [4.78, 5) is 77.0. The SMILES string of the molecule is COc1cc(NC(=O)[C@H](Cc2ccccc2)NC(=O)[C@H](C)NC(=O)[C@H](C)NC(=O)[C@H](Cc2ccccc2)NC(=O)CCCC(=O)O)cc2ccccc12. The molecule has 13 nitrogen and oxygen atoms in total. The Kier molecular flexibility index (Phi) is 14.5. The summed E-state index contributed by atoms with van der Waals surface area (Å²) in [6.45, 7) is 2.90. The van der Waals surface area contributed by atoms with Gasteiger partial charge in [0, 0.05) is 42.8 Å². The molecular formula is C40H45N5O8. The highest BCUT2D eigenvalue weighted by Gasteiger charge is 2.28. The van der Waals surface area contributed by atoms with Crippen molar-refractivity contribution in [1.29, 1.82) is 0 Å². The highest BCUT2D eigenvalue weighted by Crippen LogP contribution is 2.30. The van der Waals surface area contributed by atoms with Crippen molar-refractivity contribution in [1.82, 2.24) is 21.3 Å². The summed E-state index contributed by atoms with van der Waals surface area (Å²) in [6, 6.07) is 25.0. The number of anilines is 1. The molecule has 0 radical (unpaired) electrons. The fraction of sp³-hybridized carbons (Fsp3) is 0.300. The molecule has 0 saturated heterocycles. The first kappa shape index (κ1) is 39.5. The molecule has 0 fully saturated rings. The maximum absolute atomic E-state index is 13.7. The number of carboxylic acids is 1. The highest BCUT2D eigenvalue weighted by atomic mass is 16.5. The molecule has 0 aliphatic carbocycles. The molecule has 0 aliphatic heterocycles. The highest BCUT2D eigenvalue weighted by molar-refractivity contribution is 6.01. The van der Waals surface area contributed by atoms with Crippen LogP contribution in [0.3, 0.4) is 0 Å². The van der Waals surface area contributed by atoms with Gasteiger partial charge in [-0.1, -0.05) is 84.9 Å². The van der Waals surface area contributed by atoms with E-state index < -0.39 is 59.7 Å². The number of carbonyl (C=O) groups excluding carboxylic acids is 5. The number of carbonyl (C=O) groups is 6. The van der Waals surface area contributed by atoms with Crippen molar-refractivity contribution in [2.24, 2.45) is 0 Å². The van der Waals surface area contributed by atoms with Crippen molar-refractivity contribution in [2.45, 2.75) is 70.1 Å². The molecule has 0 saturated carbocycles. The van der Waals surface area contributed by atoms with Gasteiger partial charge in [-0.15, -0.1) is 0 Å². The van der Waals surface area contributed by atoms with Crippen LogP contribution in [0.4, 0.5) is 5.69 Å². The third kappa shape index (κ3) is 12.2. The topological polar surface area (TPSA) is 192 Å². The molecule has 6 N–H and O–H groups in total. The number of aliphatic carboxylic acids is 1. The fourth-order valence-corrected chi connectivity index (χ4v) is 5.61. The summed E-state index contributed by atoms with van der Waals surface area (Å²) in [5, 5.41) is 24.1. The third-order valence-electron chi connectivity index (χ3n) is 8.46. The predicted octanol–water partition coefficient (Wildman–Crippen LogP) is 3.51. The number of carboxylic acid groups (broad SMARTS) is 1. The van der Waals surface area contributed by atoms with E-state index >= 15 is 0 Å². The Morgan fingerprint density at radius 3 is 1.74 bits per heavy atom. The van der Waals surface area contributed by atoms with Crippen LogP contribution in [0.5, 0.6) is 5.75 Å².